The molecule has 2 aromatic carbocycles. The van der Waals surface area contributed by atoms with Crippen molar-refractivity contribution in [2.75, 3.05) is 13.1 Å². The molecule has 0 radical (unpaired) electrons. The number of hydrogen-bond acceptors (Lipinski definition) is 3. The normalized spacial score (nSPS) is 14.1. The van der Waals surface area contributed by atoms with Gasteiger partial charge in [0.25, 0.3) is 5.91 Å². The SMILES string of the molecule is O=C(c1cc2cc(Cc3ccccc3Cl)ccc2oc1=O)N1CCCC1. The van der Waals surface area contributed by atoms with E-state index in [1.807, 2.05) is 36.4 Å². The summed E-state index contributed by atoms with van der Waals surface area (Å²) in [4.78, 5) is 26.5. The Hall–Kier alpha value is -2.59. The minimum absolute atomic E-state index is 0.106. The van der Waals surface area contributed by atoms with Gasteiger partial charge in [-0.05, 0) is 54.7 Å². The predicted molar refractivity (Wildman–Crippen MR) is 102 cm³/mol. The van der Waals surface area contributed by atoms with Crippen LogP contribution in [0, 0.1) is 0 Å². The molecule has 1 aliphatic rings. The average molecular weight is 368 g/mol. The molecule has 2 heterocycles. The minimum Gasteiger partial charge on any atom is -0.422 e. The van der Waals surface area contributed by atoms with Gasteiger partial charge in [0.05, 0.1) is 0 Å². The molecule has 0 N–H and O–H groups in total. The summed E-state index contributed by atoms with van der Waals surface area (Å²) < 4.78 is 5.37. The molecule has 4 rings (SSSR count). The molecule has 0 saturated carbocycles. The van der Waals surface area contributed by atoms with Crippen molar-refractivity contribution in [1.29, 1.82) is 0 Å². The van der Waals surface area contributed by atoms with Crippen LogP contribution in [-0.4, -0.2) is 23.9 Å². The Labute approximate surface area is 156 Å². The van der Waals surface area contributed by atoms with Gasteiger partial charge >= 0.3 is 5.63 Å². The first-order valence-corrected chi connectivity index (χ1v) is 9.09. The number of carbonyl (C=O) groups is 1. The van der Waals surface area contributed by atoms with Crippen molar-refractivity contribution in [3.05, 3.63) is 80.7 Å². The maximum atomic E-state index is 12.6. The molecule has 1 saturated heterocycles. The Balaban J connectivity index is 1.70. The van der Waals surface area contributed by atoms with Crippen LogP contribution in [0.25, 0.3) is 11.0 Å². The van der Waals surface area contributed by atoms with E-state index in [0.717, 1.165) is 34.4 Å². The number of halogens is 1. The maximum Gasteiger partial charge on any atom is 0.349 e. The minimum atomic E-state index is -0.576. The largest absolute Gasteiger partial charge is 0.422 e. The average Bonchev–Trinajstić information content (AvgIpc) is 3.17. The molecule has 1 fully saturated rings. The molecule has 0 unspecified atom stereocenters. The molecule has 5 heteroatoms. The monoisotopic (exact) mass is 367 g/mol. The van der Waals surface area contributed by atoms with E-state index >= 15 is 0 Å². The molecular formula is C21H18ClNO3. The van der Waals surface area contributed by atoms with E-state index in [-0.39, 0.29) is 11.5 Å². The number of likely N-dealkylation sites (tertiary alicyclic amines) is 1. The first-order valence-electron chi connectivity index (χ1n) is 8.71. The molecule has 1 amide bonds. The zero-order valence-corrected chi connectivity index (χ0v) is 15.0. The van der Waals surface area contributed by atoms with Crippen LogP contribution in [-0.2, 0) is 6.42 Å². The van der Waals surface area contributed by atoms with Crippen molar-refractivity contribution >= 4 is 28.5 Å². The number of benzene rings is 2. The number of nitrogens with zero attached hydrogens (tertiary/aromatic N) is 1. The van der Waals surface area contributed by atoms with Gasteiger partial charge in [0.15, 0.2) is 0 Å². The summed E-state index contributed by atoms with van der Waals surface area (Å²) in [6.45, 7) is 1.39. The summed E-state index contributed by atoms with van der Waals surface area (Å²) in [6, 6.07) is 15.0. The van der Waals surface area contributed by atoms with Crippen LogP contribution < -0.4 is 5.63 Å². The van der Waals surface area contributed by atoms with Crippen molar-refractivity contribution in [3.8, 4) is 0 Å². The van der Waals surface area contributed by atoms with Crippen LogP contribution in [0.1, 0.15) is 34.3 Å². The number of amides is 1. The van der Waals surface area contributed by atoms with Gasteiger partial charge in [-0.3, -0.25) is 4.79 Å². The molecule has 26 heavy (non-hydrogen) atoms. The van der Waals surface area contributed by atoms with Gasteiger partial charge in [0, 0.05) is 23.5 Å². The zero-order chi connectivity index (χ0) is 18.1. The van der Waals surface area contributed by atoms with E-state index in [1.54, 1.807) is 17.0 Å². The Morgan fingerprint density at radius 2 is 1.85 bits per heavy atom. The van der Waals surface area contributed by atoms with Gasteiger partial charge in [-0.2, -0.15) is 0 Å². The summed E-state index contributed by atoms with van der Waals surface area (Å²) in [6.07, 6.45) is 2.63. The van der Waals surface area contributed by atoms with Crippen LogP contribution in [0.4, 0.5) is 0 Å². The highest BCUT2D eigenvalue weighted by Crippen LogP contribution is 2.22. The zero-order valence-electron chi connectivity index (χ0n) is 14.2. The lowest BCUT2D eigenvalue weighted by Crippen LogP contribution is -2.31. The second kappa shape index (κ2) is 6.96. The van der Waals surface area contributed by atoms with E-state index in [2.05, 4.69) is 0 Å². The van der Waals surface area contributed by atoms with Gasteiger partial charge in [-0.15, -0.1) is 0 Å². The summed E-state index contributed by atoms with van der Waals surface area (Å²) in [5, 5.41) is 1.47. The maximum absolute atomic E-state index is 12.6. The van der Waals surface area contributed by atoms with Crippen molar-refractivity contribution in [3.63, 3.8) is 0 Å². The summed E-state index contributed by atoms with van der Waals surface area (Å²) in [7, 11) is 0. The Morgan fingerprint density at radius 3 is 2.62 bits per heavy atom. The number of hydrogen-bond donors (Lipinski definition) is 0. The molecule has 0 atom stereocenters. The van der Waals surface area contributed by atoms with Gasteiger partial charge in [0.2, 0.25) is 0 Å². The van der Waals surface area contributed by atoms with E-state index in [0.29, 0.717) is 25.1 Å². The topological polar surface area (TPSA) is 50.5 Å². The third-order valence-electron chi connectivity index (χ3n) is 4.77. The highest BCUT2D eigenvalue weighted by Gasteiger charge is 2.23. The molecule has 1 aromatic heterocycles. The second-order valence-corrected chi connectivity index (χ2v) is 6.99. The fraction of sp³-hybridized carbons (Fsp3) is 0.238. The summed E-state index contributed by atoms with van der Waals surface area (Å²) >= 11 is 6.24. The summed E-state index contributed by atoms with van der Waals surface area (Å²) in [5.74, 6) is -0.241. The first-order chi connectivity index (χ1) is 12.6. The molecular weight excluding hydrogens is 350 g/mol. The molecule has 0 bridgehead atoms. The molecule has 0 aliphatic carbocycles. The smallest absolute Gasteiger partial charge is 0.349 e. The van der Waals surface area contributed by atoms with E-state index in [9.17, 15) is 9.59 Å². The molecule has 1 aliphatic heterocycles. The lowest BCUT2D eigenvalue weighted by Gasteiger charge is -2.14. The summed E-state index contributed by atoms with van der Waals surface area (Å²) in [5.41, 5.74) is 2.08. The Bertz CT molecular complexity index is 1030. The predicted octanol–water partition coefficient (Wildman–Crippen LogP) is 4.27. The van der Waals surface area contributed by atoms with Crippen LogP contribution in [0.2, 0.25) is 5.02 Å². The van der Waals surface area contributed by atoms with Crippen LogP contribution in [0.3, 0.4) is 0 Å². The molecule has 4 nitrogen and oxygen atoms in total. The lowest BCUT2D eigenvalue weighted by atomic mass is 10.0. The van der Waals surface area contributed by atoms with Crippen LogP contribution >= 0.6 is 11.6 Å². The van der Waals surface area contributed by atoms with Crippen LogP contribution in [0.15, 0.2) is 57.7 Å². The van der Waals surface area contributed by atoms with Crippen molar-refractivity contribution in [2.45, 2.75) is 19.3 Å². The highest BCUT2D eigenvalue weighted by molar-refractivity contribution is 6.31. The van der Waals surface area contributed by atoms with E-state index < -0.39 is 5.63 Å². The number of fused-ring (bicyclic) bond motifs is 1. The van der Waals surface area contributed by atoms with Crippen molar-refractivity contribution in [1.82, 2.24) is 4.90 Å². The Morgan fingerprint density at radius 1 is 1.08 bits per heavy atom. The highest BCUT2D eigenvalue weighted by atomic mass is 35.5. The van der Waals surface area contributed by atoms with Crippen molar-refractivity contribution < 1.29 is 9.21 Å². The standard InChI is InChI=1S/C21H18ClNO3/c22-18-6-2-1-5-15(18)11-14-7-8-19-16(12-14)13-17(21(25)26-19)20(24)23-9-3-4-10-23/h1-2,5-8,12-13H,3-4,9-11H2. The molecule has 3 aromatic rings. The fourth-order valence-corrected chi connectivity index (χ4v) is 3.59. The van der Waals surface area contributed by atoms with E-state index in [4.69, 9.17) is 16.0 Å². The number of rotatable bonds is 3. The quantitative estimate of drug-likeness (QED) is 0.649. The van der Waals surface area contributed by atoms with Gasteiger partial charge in [0.1, 0.15) is 11.1 Å². The third-order valence-corrected chi connectivity index (χ3v) is 5.14. The van der Waals surface area contributed by atoms with Crippen LogP contribution in [0.5, 0.6) is 0 Å². The first kappa shape index (κ1) is 16.9. The third kappa shape index (κ3) is 3.25. The molecule has 0 spiro atoms. The van der Waals surface area contributed by atoms with Gasteiger partial charge in [-0.25, -0.2) is 4.79 Å². The Kier molecular flexibility index (Phi) is 4.51. The second-order valence-electron chi connectivity index (χ2n) is 6.59. The van der Waals surface area contributed by atoms with Gasteiger partial charge < -0.3 is 9.32 Å². The fourth-order valence-electron chi connectivity index (χ4n) is 3.38. The van der Waals surface area contributed by atoms with Gasteiger partial charge in [-0.1, -0.05) is 35.9 Å². The lowest BCUT2D eigenvalue weighted by molar-refractivity contribution is 0.0789. The molecule has 132 valence electrons. The number of carbonyl (C=O) groups excluding carboxylic acids is 1. The van der Waals surface area contributed by atoms with Crippen molar-refractivity contribution in [2.24, 2.45) is 0 Å². The van der Waals surface area contributed by atoms with E-state index in [1.165, 1.54) is 0 Å².